The zero-order valence-electron chi connectivity index (χ0n) is 60.9. The SMILES string of the molecule is CC(C)CCC[C@@H](C)[C@H]1CC[C@H]2[C@@H]3CC=C4CC(OC(=O)CCCNCCCCCNCC5OC6OC7C(CO)OC(OC8C(CO)OC(OC9C(CO)OC(OC%10C(CO)OC(OC%11C(CO)OC(OC5C(O)C6O)C(O)C%11O)C(O)C%10O)C(O)C9O)C(O)C8O)C(O)C7O)CC[C@]4(C)[C@H]3CC[C@]12C. The second-order valence-corrected chi connectivity index (χ2v) is 32.4. The summed E-state index contributed by atoms with van der Waals surface area (Å²) in [6, 6.07) is 0. The summed E-state index contributed by atoms with van der Waals surface area (Å²) < 4.78 is 76.8. The van der Waals surface area contributed by atoms with Gasteiger partial charge in [-0.1, -0.05) is 72.0 Å². The molecule has 12 bridgehead atoms. The second-order valence-electron chi connectivity index (χ2n) is 32.4. The molecule has 38 atom stereocenters. The van der Waals surface area contributed by atoms with Gasteiger partial charge in [-0.25, -0.2) is 0 Å². The summed E-state index contributed by atoms with van der Waals surface area (Å²) in [4.78, 5) is 13.3. The Bertz CT molecular complexity index is 2720. The molecule has 22 aliphatic heterocycles. The molecule has 0 aromatic heterocycles. The Hall–Kier alpha value is -2.03. The number of allylic oxidation sites excluding steroid dienone is 1. The van der Waals surface area contributed by atoms with E-state index in [-0.39, 0.29) is 24.0 Å². The second kappa shape index (κ2) is 36.8. The third-order valence-corrected chi connectivity index (χ3v) is 25.3. The molecule has 0 aromatic carbocycles. The molecule has 33 nitrogen and oxygen atoms in total. The van der Waals surface area contributed by atoms with E-state index in [1.165, 1.54) is 50.5 Å². The minimum absolute atomic E-state index is 0.108. The maximum atomic E-state index is 13.3. The average Bonchev–Trinajstić information content (AvgIpc) is 1.66. The van der Waals surface area contributed by atoms with E-state index in [9.17, 15) is 91.6 Å². The normalized spacial score (nSPS) is 48.6. The smallest absolute Gasteiger partial charge is 0.306 e. The lowest BCUT2D eigenvalue weighted by Crippen LogP contribution is -2.69. The zero-order valence-corrected chi connectivity index (χ0v) is 60.9. The van der Waals surface area contributed by atoms with E-state index < -0.39 is 217 Å². The van der Waals surface area contributed by atoms with Crippen molar-refractivity contribution < 1.29 is 153 Å². The third kappa shape index (κ3) is 18.0. The fraction of sp³-hybridized carbons (Fsp3) is 0.958. The van der Waals surface area contributed by atoms with Crippen LogP contribution in [-0.4, -0.2) is 342 Å². The van der Waals surface area contributed by atoms with Gasteiger partial charge in [0, 0.05) is 19.4 Å². The lowest BCUT2D eigenvalue weighted by Gasteiger charge is -2.58. The maximum Gasteiger partial charge on any atom is 0.306 e. The molecule has 4 aliphatic carbocycles. The van der Waals surface area contributed by atoms with Gasteiger partial charge in [0.2, 0.25) is 0 Å². The van der Waals surface area contributed by atoms with Gasteiger partial charge in [0.15, 0.2) is 37.7 Å². The summed E-state index contributed by atoms with van der Waals surface area (Å²) in [6.07, 6.45) is -39.2. The van der Waals surface area contributed by atoms with Crippen molar-refractivity contribution in [1.29, 1.82) is 0 Å². The molecule has 25 fully saturated rings. The fourth-order valence-corrected chi connectivity index (χ4v) is 19.3. The molecular weight excluding hydrogens is 1390 g/mol. The summed E-state index contributed by atoms with van der Waals surface area (Å²) in [5.41, 5.74) is 2.08. The Morgan fingerprint density at radius 2 is 0.838 bits per heavy atom. The van der Waals surface area contributed by atoms with Crippen LogP contribution in [0, 0.1) is 46.3 Å². The van der Waals surface area contributed by atoms with E-state index in [1.54, 1.807) is 0 Å². The molecule has 105 heavy (non-hydrogen) atoms. The first kappa shape index (κ1) is 83.9. The molecule has 3 saturated carbocycles. The summed E-state index contributed by atoms with van der Waals surface area (Å²) >= 11 is 0. The van der Waals surface area contributed by atoms with Gasteiger partial charge in [0.05, 0.1) is 33.0 Å². The number of unbranched alkanes of at least 4 members (excludes halogenated alkanes) is 2. The van der Waals surface area contributed by atoms with Crippen LogP contribution in [0.2, 0.25) is 0 Å². The first-order chi connectivity index (χ1) is 50.2. The van der Waals surface area contributed by atoms with Crippen LogP contribution in [0.5, 0.6) is 0 Å². The predicted molar refractivity (Wildman–Crippen MR) is 360 cm³/mol. The molecule has 19 N–H and O–H groups in total. The van der Waals surface area contributed by atoms with Crippen LogP contribution in [0.25, 0.3) is 0 Å². The van der Waals surface area contributed by atoms with E-state index in [4.69, 9.17) is 61.6 Å². The van der Waals surface area contributed by atoms with Gasteiger partial charge in [0.1, 0.15) is 153 Å². The van der Waals surface area contributed by atoms with E-state index in [1.807, 2.05) is 0 Å². The highest BCUT2D eigenvalue weighted by Gasteiger charge is 2.62. The van der Waals surface area contributed by atoms with Crippen molar-refractivity contribution >= 4 is 5.97 Å². The van der Waals surface area contributed by atoms with Crippen LogP contribution in [0.3, 0.4) is 0 Å². The van der Waals surface area contributed by atoms with E-state index in [0.717, 1.165) is 68.1 Å². The molecule has 26 rings (SSSR count). The van der Waals surface area contributed by atoms with Gasteiger partial charge < -0.3 is 159 Å². The van der Waals surface area contributed by atoms with Gasteiger partial charge in [-0.15, -0.1) is 0 Å². The Labute approximate surface area is 612 Å². The van der Waals surface area contributed by atoms with Crippen LogP contribution in [0.4, 0.5) is 0 Å². The van der Waals surface area contributed by atoms with Crippen molar-refractivity contribution in [2.24, 2.45) is 46.3 Å². The van der Waals surface area contributed by atoms with Gasteiger partial charge in [-0.3, -0.25) is 4.79 Å². The number of carbonyl (C=O) groups is 1. The van der Waals surface area contributed by atoms with Crippen molar-refractivity contribution in [3.8, 4) is 0 Å². The maximum absolute atomic E-state index is 13.3. The molecule has 0 amide bonds. The number of aliphatic hydroxyl groups is 17. The molecule has 0 radical (unpaired) electrons. The van der Waals surface area contributed by atoms with Crippen LogP contribution in [0.1, 0.15) is 137 Å². The van der Waals surface area contributed by atoms with Crippen LogP contribution in [0.15, 0.2) is 11.6 Å². The van der Waals surface area contributed by atoms with Crippen LogP contribution >= 0.6 is 0 Å². The van der Waals surface area contributed by atoms with Gasteiger partial charge in [-0.2, -0.15) is 0 Å². The first-order valence-corrected chi connectivity index (χ1v) is 38.6. The van der Waals surface area contributed by atoms with Crippen molar-refractivity contribution in [2.75, 3.05) is 59.2 Å². The molecule has 33 heteroatoms. The number of hydrogen-bond donors (Lipinski definition) is 19. The minimum atomic E-state index is -2.16. The monoisotopic (exact) mass is 1510 g/mol. The highest BCUT2D eigenvalue weighted by atomic mass is 16.8. The van der Waals surface area contributed by atoms with Crippen LogP contribution < -0.4 is 10.6 Å². The molecule has 0 aromatic rings. The van der Waals surface area contributed by atoms with E-state index >= 15 is 0 Å². The van der Waals surface area contributed by atoms with Crippen molar-refractivity contribution in [3.63, 3.8) is 0 Å². The number of carbonyl (C=O) groups excluding carboxylic acids is 1. The summed E-state index contributed by atoms with van der Waals surface area (Å²) in [5.74, 6) is 4.37. The molecule has 606 valence electrons. The summed E-state index contributed by atoms with van der Waals surface area (Å²) in [5, 5.41) is 198. The molecule has 26 aliphatic rings. The summed E-state index contributed by atoms with van der Waals surface area (Å²) in [6.45, 7) is 8.80. The lowest BCUT2D eigenvalue weighted by atomic mass is 9.47. The Morgan fingerprint density at radius 1 is 0.448 bits per heavy atom. The van der Waals surface area contributed by atoms with Crippen molar-refractivity contribution in [2.45, 2.75) is 328 Å². The van der Waals surface area contributed by atoms with Gasteiger partial charge >= 0.3 is 5.97 Å². The quantitative estimate of drug-likeness (QED) is 0.0264. The topological polar surface area (TPSA) is 505 Å². The number of hydrogen-bond acceptors (Lipinski definition) is 33. The summed E-state index contributed by atoms with van der Waals surface area (Å²) in [7, 11) is 0. The van der Waals surface area contributed by atoms with Gasteiger partial charge in [-0.05, 0) is 130 Å². The highest BCUT2D eigenvalue weighted by molar-refractivity contribution is 5.69. The minimum Gasteiger partial charge on any atom is -0.462 e. The van der Waals surface area contributed by atoms with Crippen LogP contribution in [-0.2, 0) is 66.4 Å². The largest absolute Gasteiger partial charge is 0.462 e. The van der Waals surface area contributed by atoms with Gasteiger partial charge in [0.25, 0.3) is 0 Å². The van der Waals surface area contributed by atoms with Crippen molar-refractivity contribution in [1.82, 2.24) is 10.6 Å². The lowest BCUT2D eigenvalue weighted by molar-refractivity contribution is -0.403. The number of fused-ring (bicyclic) bond motifs is 5. The Balaban J connectivity index is 0.693. The highest BCUT2D eigenvalue weighted by Crippen LogP contribution is 2.67. The number of rotatable bonds is 23. The predicted octanol–water partition coefficient (Wildman–Crippen LogP) is -3.96. The Morgan fingerprint density at radius 3 is 1.25 bits per heavy atom. The average molecular weight is 1510 g/mol. The number of esters is 1. The van der Waals surface area contributed by atoms with E-state index in [0.29, 0.717) is 50.2 Å². The zero-order chi connectivity index (χ0) is 75.5. The van der Waals surface area contributed by atoms with E-state index in [2.05, 4.69) is 51.3 Å². The number of aliphatic hydroxyl groups excluding tert-OH is 17. The third-order valence-electron chi connectivity index (χ3n) is 25.3. The standard InChI is InChI=1S/C72H122N2O31/c1-32(2)11-9-12-33(3)37-16-17-38-36-15-14-34-25-35(18-20-71(34,4)39(36)19-21-72(37,38)5)93-46(80)13-10-24-73-22-7-6-8-23-74-26-40-59-47(81)53(87)65(94-40)101-60-41(27-75)96-67(55(89)49(60)83)103-62-43(29-77)98-69(57(91)51(62)85)105-64-45(31-79)99-70(58(92)52(64)86)104-63-44(30-78)97-68(56(90)50(63)84)102-61-42(28-76)95-66(100-59)54(88)48(61)82/h14,32-33,35-45,47-70,73-79,81-92H,6-13,15-31H2,1-5H3/t33-,35?,36+,37-,38+,39+,40?,41?,42?,43?,44?,45?,47?,48?,49?,50?,51?,52?,53?,54?,55?,56?,57?,58?,59?,60?,61?,62?,63?,64?,65?,66?,67?,68?,69?,70?,71+,72-/m1/s1. The molecular formula is C72H122N2O31. The fourth-order valence-electron chi connectivity index (χ4n) is 19.3. The number of ether oxygens (including phenoxy) is 13. The number of nitrogens with one attached hydrogen (secondary N) is 2. The molecule has 0 spiro atoms. The first-order valence-electron chi connectivity index (χ1n) is 38.6. The molecule has 31 unspecified atom stereocenters. The van der Waals surface area contributed by atoms with Crippen molar-refractivity contribution in [3.05, 3.63) is 11.6 Å². The molecule has 22 saturated heterocycles. The Kier molecular flexibility index (Phi) is 29.4. The molecule has 22 heterocycles.